The minimum Gasteiger partial charge on any atom is -0.310 e. The molecule has 1 N–H and O–H groups in total. The van der Waals surface area contributed by atoms with Crippen LogP contribution in [0.25, 0.3) is 0 Å². The molecule has 0 amide bonds. The topological polar surface area (TPSA) is 24.9 Å². The van der Waals surface area contributed by atoms with E-state index in [-0.39, 0.29) is 6.04 Å². The average Bonchev–Trinajstić information content (AvgIpc) is 2.77. The molecule has 1 heterocycles. The van der Waals surface area contributed by atoms with Crippen LogP contribution >= 0.6 is 34.5 Å². The van der Waals surface area contributed by atoms with Gasteiger partial charge in [0.25, 0.3) is 0 Å². The fourth-order valence-corrected chi connectivity index (χ4v) is 3.09. The number of nitrogens with one attached hydrogen (secondary N) is 1. The van der Waals surface area contributed by atoms with Crippen molar-refractivity contribution in [1.29, 1.82) is 0 Å². The first-order chi connectivity index (χ1) is 9.10. The molecule has 102 valence electrons. The zero-order chi connectivity index (χ0) is 13.8. The van der Waals surface area contributed by atoms with E-state index in [2.05, 4.69) is 22.6 Å². The average molecular weight is 315 g/mol. The zero-order valence-corrected chi connectivity index (χ0v) is 13.2. The minimum atomic E-state index is 0.137. The van der Waals surface area contributed by atoms with Crippen LogP contribution in [0, 0.1) is 6.92 Å². The molecule has 5 heteroatoms. The monoisotopic (exact) mass is 314 g/mol. The molecule has 0 radical (unpaired) electrons. The van der Waals surface area contributed by atoms with Gasteiger partial charge in [0.05, 0.1) is 10.7 Å². The van der Waals surface area contributed by atoms with Crippen molar-refractivity contribution in [2.75, 3.05) is 6.54 Å². The van der Waals surface area contributed by atoms with Crippen LogP contribution in [0.3, 0.4) is 0 Å². The highest BCUT2D eigenvalue weighted by atomic mass is 35.5. The zero-order valence-electron chi connectivity index (χ0n) is 10.9. The summed E-state index contributed by atoms with van der Waals surface area (Å²) in [7, 11) is 0. The highest BCUT2D eigenvalue weighted by Crippen LogP contribution is 2.28. The Morgan fingerprint density at radius 3 is 2.79 bits per heavy atom. The maximum Gasteiger partial charge on any atom is 0.0897 e. The summed E-state index contributed by atoms with van der Waals surface area (Å²) >= 11 is 14.0. The van der Waals surface area contributed by atoms with E-state index in [0.717, 1.165) is 34.3 Å². The lowest BCUT2D eigenvalue weighted by Gasteiger charge is -2.19. The van der Waals surface area contributed by atoms with Crippen molar-refractivity contribution in [3.8, 4) is 0 Å². The Labute approximate surface area is 127 Å². The quantitative estimate of drug-likeness (QED) is 0.868. The number of nitrogens with zero attached hydrogens (tertiary/aromatic N) is 1. The van der Waals surface area contributed by atoms with Gasteiger partial charge in [0, 0.05) is 27.9 Å². The Morgan fingerprint density at radius 1 is 1.37 bits per heavy atom. The number of thiazole rings is 1. The van der Waals surface area contributed by atoms with Crippen molar-refractivity contribution in [2.45, 2.75) is 26.3 Å². The van der Waals surface area contributed by atoms with E-state index in [1.54, 1.807) is 11.3 Å². The van der Waals surface area contributed by atoms with Gasteiger partial charge < -0.3 is 5.32 Å². The maximum absolute atomic E-state index is 6.28. The van der Waals surface area contributed by atoms with Crippen LogP contribution in [-0.4, -0.2) is 11.5 Å². The predicted octanol–water partition coefficient (Wildman–Crippen LogP) is 4.65. The Hall–Kier alpha value is -0.610. The molecule has 0 aliphatic heterocycles. The fourth-order valence-electron chi connectivity index (χ4n) is 2.03. The summed E-state index contributed by atoms with van der Waals surface area (Å²) in [5, 5.41) is 8.07. The van der Waals surface area contributed by atoms with E-state index in [1.165, 1.54) is 0 Å². The Morgan fingerprint density at radius 2 is 2.16 bits per heavy atom. The van der Waals surface area contributed by atoms with Crippen molar-refractivity contribution < 1.29 is 0 Å². The smallest absolute Gasteiger partial charge is 0.0897 e. The molecule has 0 spiro atoms. The number of likely N-dealkylation sites (N-methyl/N-ethyl adjacent to an activating group) is 1. The van der Waals surface area contributed by atoms with Gasteiger partial charge in [0.2, 0.25) is 0 Å². The molecule has 1 aromatic carbocycles. The fraction of sp³-hybridized carbons (Fsp3) is 0.357. The molecule has 2 nitrogen and oxygen atoms in total. The summed E-state index contributed by atoms with van der Waals surface area (Å²) in [6.07, 6.45) is 0.818. The van der Waals surface area contributed by atoms with Gasteiger partial charge in [-0.2, -0.15) is 0 Å². The molecule has 0 aliphatic carbocycles. The summed E-state index contributed by atoms with van der Waals surface area (Å²) < 4.78 is 0. The lowest BCUT2D eigenvalue weighted by atomic mass is 10.0. The van der Waals surface area contributed by atoms with Crippen LogP contribution in [0.15, 0.2) is 23.6 Å². The van der Waals surface area contributed by atoms with Gasteiger partial charge in [-0.3, -0.25) is 0 Å². The van der Waals surface area contributed by atoms with Crippen LogP contribution in [-0.2, 0) is 6.42 Å². The normalized spacial score (nSPS) is 12.6. The van der Waals surface area contributed by atoms with Gasteiger partial charge in [0.1, 0.15) is 0 Å². The van der Waals surface area contributed by atoms with Crippen molar-refractivity contribution in [3.05, 3.63) is 49.9 Å². The molecule has 0 bridgehead atoms. The van der Waals surface area contributed by atoms with Gasteiger partial charge >= 0.3 is 0 Å². The van der Waals surface area contributed by atoms with E-state index in [9.17, 15) is 0 Å². The molecule has 19 heavy (non-hydrogen) atoms. The standard InChI is InChI=1S/C14H16Cl2N2S/c1-3-17-14(7-11-8-19-9(2)18-11)12-6-10(15)4-5-13(12)16/h4-6,8,14,17H,3,7H2,1-2H3. The lowest BCUT2D eigenvalue weighted by molar-refractivity contribution is 0.545. The number of rotatable bonds is 5. The van der Waals surface area contributed by atoms with Gasteiger partial charge in [-0.05, 0) is 37.2 Å². The minimum absolute atomic E-state index is 0.137. The molecule has 1 aromatic heterocycles. The Balaban J connectivity index is 2.26. The second-order valence-electron chi connectivity index (χ2n) is 4.34. The maximum atomic E-state index is 6.28. The third-order valence-corrected chi connectivity index (χ3v) is 4.27. The second-order valence-corrected chi connectivity index (χ2v) is 6.24. The second kappa shape index (κ2) is 6.71. The van der Waals surface area contributed by atoms with Crippen LogP contribution < -0.4 is 5.32 Å². The first-order valence-corrected chi connectivity index (χ1v) is 7.83. The van der Waals surface area contributed by atoms with Gasteiger partial charge in [0.15, 0.2) is 0 Å². The summed E-state index contributed by atoms with van der Waals surface area (Å²) in [5.41, 5.74) is 2.12. The summed E-state index contributed by atoms with van der Waals surface area (Å²) in [5.74, 6) is 0. The summed E-state index contributed by atoms with van der Waals surface area (Å²) in [6.45, 7) is 4.97. The molecule has 1 atom stereocenters. The van der Waals surface area contributed by atoms with Crippen LogP contribution in [0.1, 0.15) is 29.2 Å². The van der Waals surface area contributed by atoms with E-state index >= 15 is 0 Å². The molecule has 0 saturated heterocycles. The van der Waals surface area contributed by atoms with Crippen LogP contribution in [0.2, 0.25) is 10.0 Å². The number of aryl methyl sites for hydroxylation is 1. The Kier molecular flexibility index (Phi) is 5.22. The van der Waals surface area contributed by atoms with Crippen molar-refractivity contribution >= 4 is 34.5 Å². The van der Waals surface area contributed by atoms with E-state index in [1.807, 2.05) is 25.1 Å². The van der Waals surface area contributed by atoms with Gasteiger partial charge in [-0.15, -0.1) is 11.3 Å². The number of hydrogen-bond donors (Lipinski definition) is 1. The van der Waals surface area contributed by atoms with Gasteiger partial charge in [-0.1, -0.05) is 30.1 Å². The number of aromatic nitrogens is 1. The summed E-state index contributed by atoms with van der Waals surface area (Å²) in [4.78, 5) is 4.51. The first kappa shape index (κ1) is 14.8. The highest BCUT2D eigenvalue weighted by Gasteiger charge is 2.16. The molecule has 2 rings (SSSR count). The van der Waals surface area contributed by atoms with Gasteiger partial charge in [-0.25, -0.2) is 4.98 Å². The molecule has 0 fully saturated rings. The molecule has 0 saturated carbocycles. The molecular weight excluding hydrogens is 299 g/mol. The van der Waals surface area contributed by atoms with Crippen LogP contribution in [0.4, 0.5) is 0 Å². The molecule has 0 aliphatic rings. The largest absolute Gasteiger partial charge is 0.310 e. The summed E-state index contributed by atoms with van der Waals surface area (Å²) in [6, 6.07) is 5.72. The SMILES string of the molecule is CCNC(Cc1csc(C)n1)c1cc(Cl)ccc1Cl. The predicted molar refractivity (Wildman–Crippen MR) is 83.4 cm³/mol. The highest BCUT2D eigenvalue weighted by molar-refractivity contribution is 7.09. The van der Waals surface area contributed by atoms with Crippen molar-refractivity contribution in [3.63, 3.8) is 0 Å². The third kappa shape index (κ3) is 3.93. The molecular formula is C14H16Cl2N2S. The van der Waals surface area contributed by atoms with E-state index < -0.39 is 0 Å². The van der Waals surface area contributed by atoms with Crippen molar-refractivity contribution in [2.24, 2.45) is 0 Å². The number of hydrogen-bond acceptors (Lipinski definition) is 3. The van der Waals surface area contributed by atoms with E-state index in [0.29, 0.717) is 5.02 Å². The van der Waals surface area contributed by atoms with Crippen molar-refractivity contribution in [1.82, 2.24) is 10.3 Å². The molecule has 2 aromatic rings. The first-order valence-electron chi connectivity index (χ1n) is 6.19. The van der Waals surface area contributed by atoms with E-state index in [4.69, 9.17) is 23.2 Å². The number of halogens is 2. The van der Waals surface area contributed by atoms with Crippen LogP contribution in [0.5, 0.6) is 0 Å². The third-order valence-electron chi connectivity index (χ3n) is 2.86. The Bertz CT molecular complexity index is 554. The molecule has 1 unspecified atom stereocenters. The number of benzene rings is 1. The lowest BCUT2D eigenvalue weighted by Crippen LogP contribution is -2.23.